The van der Waals surface area contributed by atoms with Gasteiger partial charge in [0, 0.05) is 0 Å². The van der Waals surface area contributed by atoms with E-state index in [1.165, 1.54) is 0 Å². The molecule has 0 rings (SSSR count). The maximum Gasteiger partial charge on any atom is 0.404 e. The molecule has 74 valence electrons. The third-order valence-corrected chi connectivity index (χ3v) is 1.18. The van der Waals surface area contributed by atoms with Crippen LogP contribution in [0.1, 0.15) is 6.42 Å². The predicted molar refractivity (Wildman–Crippen MR) is 29.6 cm³/mol. The SMILES string of the molecule is CNC(CC(F)(F)F)C(F)(F)F. The molecule has 0 radical (unpaired) electrons. The van der Waals surface area contributed by atoms with Gasteiger partial charge in [0.2, 0.25) is 0 Å². The molecule has 1 N–H and O–H groups in total. The van der Waals surface area contributed by atoms with Crippen LogP contribution in [0.5, 0.6) is 0 Å². The molecular formula is C5H7F6N. The van der Waals surface area contributed by atoms with E-state index >= 15 is 0 Å². The lowest BCUT2D eigenvalue weighted by Gasteiger charge is -2.20. The number of hydrogen-bond acceptors (Lipinski definition) is 1. The van der Waals surface area contributed by atoms with Gasteiger partial charge in [0.05, 0.1) is 6.42 Å². The van der Waals surface area contributed by atoms with Gasteiger partial charge in [-0.1, -0.05) is 0 Å². The second-order valence-electron chi connectivity index (χ2n) is 2.20. The first-order chi connectivity index (χ1) is 5.17. The van der Waals surface area contributed by atoms with Gasteiger partial charge in [-0.05, 0) is 7.05 Å². The van der Waals surface area contributed by atoms with Gasteiger partial charge in [-0.3, -0.25) is 0 Å². The van der Waals surface area contributed by atoms with Crippen LogP contribution < -0.4 is 5.32 Å². The van der Waals surface area contributed by atoms with E-state index in [1.807, 2.05) is 0 Å². The molecule has 0 spiro atoms. The molecule has 12 heavy (non-hydrogen) atoms. The molecule has 0 aliphatic rings. The highest BCUT2D eigenvalue weighted by Crippen LogP contribution is 2.30. The molecule has 0 aromatic carbocycles. The monoisotopic (exact) mass is 195 g/mol. The van der Waals surface area contributed by atoms with Crippen molar-refractivity contribution < 1.29 is 26.3 Å². The smallest absolute Gasteiger partial charge is 0.309 e. The van der Waals surface area contributed by atoms with Crippen LogP contribution in [-0.2, 0) is 0 Å². The minimum absolute atomic E-state index is 0.837. The number of hydrogen-bond donors (Lipinski definition) is 1. The normalized spacial score (nSPS) is 16.2. The summed E-state index contributed by atoms with van der Waals surface area (Å²) in [6, 6.07) is -2.52. The van der Waals surface area contributed by atoms with Crippen LogP contribution in [0.2, 0.25) is 0 Å². The van der Waals surface area contributed by atoms with Crippen molar-refractivity contribution in [2.45, 2.75) is 24.8 Å². The Bertz CT molecular complexity index is 136. The van der Waals surface area contributed by atoms with E-state index in [1.54, 1.807) is 5.32 Å². The molecule has 1 atom stereocenters. The van der Waals surface area contributed by atoms with E-state index < -0.39 is 24.8 Å². The Balaban J connectivity index is 4.20. The summed E-state index contributed by atoms with van der Waals surface area (Å²) in [6.45, 7) is 0. The van der Waals surface area contributed by atoms with Crippen LogP contribution in [0.4, 0.5) is 26.3 Å². The van der Waals surface area contributed by atoms with Crippen LogP contribution in [-0.4, -0.2) is 25.4 Å². The molecule has 1 nitrogen and oxygen atoms in total. The molecule has 0 saturated heterocycles. The third kappa shape index (κ3) is 4.42. The third-order valence-electron chi connectivity index (χ3n) is 1.18. The summed E-state index contributed by atoms with van der Waals surface area (Å²) in [4.78, 5) is 0. The summed E-state index contributed by atoms with van der Waals surface area (Å²) in [6.07, 6.45) is -11.6. The lowest BCUT2D eigenvalue weighted by atomic mass is 10.2. The topological polar surface area (TPSA) is 12.0 Å². The summed E-state index contributed by atoms with van der Waals surface area (Å²) in [7, 11) is 0.837. The number of alkyl halides is 6. The molecule has 0 amide bonds. The Morgan fingerprint density at radius 1 is 1.08 bits per heavy atom. The standard InChI is InChI=1S/C5H7F6N/c1-12-3(5(9,10)11)2-4(6,7)8/h3,12H,2H2,1H3. The quantitative estimate of drug-likeness (QED) is 0.665. The molecule has 0 aromatic rings. The number of nitrogens with one attached hydrogen (secondary N) is 1. The number of rotatable bonds is 2. The van der Waals surface area contributed by atoms with Crippen molar-refractivity contribution in [2.75, 3.05) is 7.05 Å². The first-order valence-electron chi connectivity index (χ1n) is 2.97. The summed E-state index contributed by atoms with van der Waals surface area (Å²) >= 11 is 0. The van der Waals surface area contributed by atoms with Gasteiger partial charge in [0.25, 0.3) is 0 Å². The molecule has 1 unspecified atom stereocenters. The van der Waals surface area contributed by atoms with E-state index in [2.05, 4.69) is 0 Å². The minimum atomic E-state index is -4.86. The summed E-state index contributed by atoms with van der Waals surface area (Å²) < 4.78 is 69.5. The molecule has 0 fully saturated rings. The van der Waals surface area contributed by atoms with Gasteiger partial charge in [0.1, 0.15) is 6.04 Å². The van der Waals surface area contributed by atoms with Crippen molar-refractivity contribution in [3.05, 3.63) is 0 Å². The summed E-state index contributed by atoms with van der Waals surface area (Å²) in [5.41, 5.74) is 0. The zero-order valence-corrected chi connectivity index (χ0v) is 6.05. The van der Waals surface area contributed by atoms with E-state index in [0.717, 1.165) is 7.05 Å². The predicted octanol–water partition coefficient (Wildman–Crippen LogP) is 2.09. The average molecular weight is 195 g/mol. The average Bonchev–Trinajstić information content (AvgIpc) is 1.78. The van der Waals surface area contributed by atoms with Crippen molar-refractivity contribution in [2.24, 2.45) is 0 Å². The lowest BCUT2D eigenvalue weighted by molar-refractivity contribution is -0.200. The largest absolute Gasteiger partial charge is 0.404 e. The first-order valence-corrected chi connectivity index (χ1v) is 2.97. The fraction of sp³-hybridized carbons (Fsp3) is 1.00. The number of halogens is 6. The van der Waals surface area contributed by atoms with E-state index in [4.69, 9.17) is 0 Å². The fourth-order valence-corrected chi connectivity index (χ4v) is 0.613. The van der Waals surface area contributed by atoms with E-state index in [0.29, 0.717) is 0 Å². The Kier molecular flexibility index (Phi) is 3.37. The summed E-state index contributed by atoms with van der Waals surface area (Å²) in [5, 5.41) is 1.55. The van der Waals surface area contributed by atoms with Crippen LogP contribution in [0, 0.1) is 0 Å². The van der Waals surface area contributed by atoms with Crippen molar-refractivity contribution in [3.8, 4) is 0 Å². The molecule has 0 aliphatic heterocycles. The zero-order valence-electron chi connectivity index (χ0n) is 6.05. The van der Waals surface area contributed by atoms with Gasteiger partial charge in [0.15, 0.2) is 0 Å². The molecular weight excluding hydrogens is 188 g/mol. The molecule has 0 bridgehead atoms. The van der Waals surface area contributed by atoms with Gasteiger partial charge in [-0.15, -0.1) is 0 Å². The molecule has 0 aromatic heterocycles. The van der Waals surface area contributed by atoms with Gasteiger partial charge >= 0.3 is 12.4 Å². The second kappa shape index (κ2) is 3.51. The lowest BCUT2D eigenvalue weighted by Crippen LogP contribution is -2.43. The van der Waals surface area contributed by atoms with Gasteiger partial charge in [-0.2, -0.15) is 26.3 Å². The maximum atomic E-state index is 11.7. The van der Waals surface area contributed by atoms with E-state index in [9.17, 15) is 26.3 Å². The Morgan fingerprint density at radius 3 is 1.58 bits per heavy atom. The highest BCUT2D eigenvalue weighted by molar-refractivity contribution is 4.76. The summed E-state index contributed by atoms with van der Waals surface area (Å²) in [5.74, 6) is 0. The highest BCUT2D eigenvalue weighted by atomic mass is 19.4. The van der Waals surface area contributed by atoms with Crippen LogP contribution in [0.15, 0.2) is 0 Å². The van der Waals surface area contributed by atoms with E-state index in [-0.39, 0.29) is 0 Å². The van der Waals surface area contributed by atoms with Crippen LogP contribution >= 0.6 is 0 Å². The van der Waals surface area contributed by atoms with Crippen molar-refractivity contribution in [1.82, 2.24) is 5.32 Å². The Labute approximate surface area is 64.7 Å². The molecule has 7 heteroatoms. The van der Waals surface area contributed by atoms with Crippen molar-refractivity contribution in [3.63, 3.8) is 0 Å². The van der Waals surface area contributed by atoms with Crippen LogP contribution in [0.3, 0.4) is 0 Å². The maximum absolute atomic E-state index is 11.7. The van der Waals surface area contributed by atoms with Gasteiger partial charge < -0.3 is 5.32 Å². The second-order valence-corrected chi connectivity index (χ2v) is 2.20. The fourth-order valence-electron chi connectivity index (χ4n) is 0.613. The molecule has 0 saturated carbocycles. The Morgan fingerprint density at radius 2 is 1.50 bits per heavy atom. The minimum Gasteiger partial charge on any atom is -0.309 e. The molecule has 0 aliphatic carbocycles. The first kappa shape index (κ1) is 11.5. The van der Waals surface area contributed by atoms with Gasteiger partial charge in [-0.25, -0.2) is 0 Å². The molecule has 0 heterocycles. The highest BCUT2D eigenvalue weighted by Gasteiger charge is 2.45. The van der Waals surface area contributed by atoms with Crippen LogP contribution in [0.25, 0.3) is 0 Å². The zero-order chi connectivity index (χ0) is 9.99. The van der Waals surface area contributed by atoms with Crippen molar-refractivity contribution in [1.29, 1.82) is 0 Å². The Hall–Kier alpha value is -0.460. The van der Waals surface area contributed by atoms with Crippen molar-refractivity contribution >= 4 is 0 Å².